The molecule has 2 aromatic rings. The summed E-state index contributed by atoms with van der Waals surface area (Å²) in [6.07, 6.45) is 1.90. The van der Waals surface area contributed by atoms with E-state index in [0.29, 0.717) is 0 Å². The predicted molar refractivity (Wildman–Crippen MR) is 72.4 cm³/mol. The second-order valence-corrected chi connectivity index (χ2v) is 4.91. The predicted octanol–water partition coefficient (Wildman–Crippen LogP) is 1.96. The van der Waals surface area contributed by atoms with Crippen molar-refractivity contribution in [1.82, 2.24) is 9.88 Å². The van der Waals surface area contributed by atoms with Gasteiger partial charge in [0.2, 0.25) is 0 Å². The number of aryl methyl sites for hydroxylation is 2. The Hall–Kier alpha value is -1.87. The number of rotatable bonds is 1. The van der Waals surface area contributed by atoms with Crippen LogP contribution in [0.5, 0.6) is 0 Å². The number of benzene rings is 1. The molecule has 0 spiro atoms. The van der Waals surface area contributed by atoms with Crippen LogP contribution in [-0.2, 0) is 20.1 Å². The van der Waals surface area contributed by atoms with Crippen LogP contribution >= 0.6 is 0 Å². The largest absolute Gasteiger partial charge is 0.318 e. The molecular weight excluding hydrogens is 224 g/mol. The first-order valence-electron chi connectivity index (χ1n) is 6.15. The summed E-state index contributed by atoms with van der Waals surface area (Å²) in [6, 6.07) is 8.48. The monoisotopic (exact) mass is 240 g/mol. The highest BCUT2D eigenvalue weighted by Crippen LogP contribution is 2.24. The number of hydrogen-bond donors (Lipinski definition) is 1. The highest BCUT2D eigenvalue weighted by atomic mass is 16.1. The van der Waals surface area contributed by atoms with Crippen molar-refractivity contribution in [3.63, 3.8) is 0 Å². The summed E-state index contributed by atoms with van der Waals surface area (Å²) < 4.78 is 1.65. The minimum atomic E-state index is 0.0709. The maximum absolute atomic E-state index is 11.7. The van der Waals surface area contributed by atoms with Gasteiger partial charge in [0.25, 0.3) is 5.56 Å². The van der Waals surface area contributed by atoms with Crippen molar-refractivity contribution >= 4 is 0 Å². The molecule has 0 aliphatic carbocycles. The number of aromatic nitrogens is 1. The molecule has 0 atom stereocenters. The fraction of sp³-hybridized carbons (Fsp3) is 0.267. The SMILES string of the molecule is Cc1cc(-c2ccc3c(c2)CNC3)cn(C)c1=O. The Kier molecular flexibility index (Phi) is 2.56. The zero-order chi connectivity index (χ0) is 12.7. The molecule has 1 N–H and O–H groups in total. The fourth-order valence-electron chi connectivity index (χ4n) is 2.51. The van der Waals surface area contributed by atoms with Crippen molar-refractivity contribution in [1.29, 1.82) is 0 Å². The molecule has 3 nitrogen and oxygen atoms in total. The molecule has 1 aliphatic rings. The van der Waals surface area contributed by atoms with Crippen molar-refractivity contribution in [2.75, 3.05) is 0 Å². The van der Waals surface area contributed by atoms with Crippen LogP contribution in [0.1, 0.15) is 16.7 Å². The summed E-state index contributed by atoms with van der Waals surface area (Å²) in [6.45, 7) is 3.76. The van der Waals surface area contributed by atoms with E-state index in [1.807, 2.05) is 19.2 Å². The van der Waals surface area contributed by atoms with E-state index in [1.54, 1.807) is 11.6 Å². The van der Waals surface area contributed by atoms with Crippen LogP contribution < -0.4 is 10.9 Å². The average Bonchev–Trinajstić information content (AvgIpc) is 2.82. The zero-order valence-electron chi connectivity index (χ0n) is 10.7. The lowest BCUT2D eigenvalue weighted by atomic mass is 10.0. The molecule has 0 radical (unpaired) electrons. The lowest BCUT2D eigenvalue weighted by Crippen LogP contribution is -2.18. The lowest BCUT2D eigenvalue weighted by Gasteiger charge is -2.08. The van der Waals surface area contributed by atoms with Gasteiger partial charge in [0.15, 0.2) is 0 Å². The van der Waals surface area contributed by atoms with E-state index in [0.717, 1.165) is 24.2 Å². The van der Waals surface area contributed by atoms with E-state index >= 15 is 0 Å². The first-order valence-corrected chi connectivity index (χ1v) is 6.15. The van der Waals surface area contributed by atoms with Gasteiger partial charge in [-0.05, 0) is 41.3 Å². The third-order valence-electron chi connectivity index (χ3n) is 3.53. The molecule has 0 unspecified atom stereocenters. The normalized spacial score (nSPS) is 13.7. The summed E-state index contributed by atoms with van der Waals surface area (Å²) in [5.74, 6) is 0. The molecule has 18 heavy (non-hydrogen) atoms. The van der Waals surface area contributed by atoms with Gasteiger partial charge in [-0.1, -0.05) is 12.1 Å². The van der Waals surface area contributed by atoms with Crippen molar-refractivity contribution in [2.24, 2.45) is 7.05 Å². The van der Waals surface area contributed by atoms with Crippen molar-refractivity contribution < 1.29 is 0 Å². The van der Waals surface area contributed by atoms with Gasteiger partial charge in [0.1, 0.15) is 0 Å². The molecule has 0 saturated heterocycles. The molecule has 1 aromatic carbocycles. The zero-order valence-corrected chi connectivity index (χ0v) is 10.7. The topological polar surface area (TPSA) is 34.0 Å². The molecule has 0 bridgehead atoms. The maximum Gasteiger partial charge on any atom is 0.253 e. The molecule has 1 aliphatic heterocycles. The van der Waals surface area contributed by atoms with E-state index < -0.39 is 0 Å². The van der Waals surface area contributed by atoms with Gasteiger partial charge >= 0.3 is 0 Å². The van der Waals surface area contributed by atoms with E-state index in [4.69, 9.17) is 0 Å². The van der Waals surface area contributed by atoms with Gasteiger partial charge in [-0.15, -0.1) is 0 Å². The van der Waals surface area contributed by atoms with Crippen LogP contribution in [0, 0.1) is 6.92 Å². The van der Waals surface area contributed by atoms with Crippen LogP contribution in [0.25, 0.3) is 11.1 Å². The highest BCUT2D eigenvalue weighted by molar-refractivity contribution is 5.65. The Bertz CT molecular complexity index is 644. The van der Waals surface area contributed by atoms with Gasteiger partial charge in [-0.2, -0.15) is 0 Å². The van der Waals surface area contributed by atoms with Crippen molar-refractivity contribution in [3.05, 3.63) is 57.5 Å². The van der Waals surface area contributed by atoms with E-state index in [2.05, 4.69) is 23.5 Å². The van der Waals surface area contributed by atoms with Gasteiger partial charge in [-0.3, -0.25) is 4.79 Å². The van der Waals surface area contributed by atoms with Crippen LogP contribution in [0.3, 0.4) is 0 Å². The second-order valence-electron chi connectivity index (χ2n) is 4.91. The Morgan fingerprint density at radius 1 is 1.11 bits per heavy atom. The quantitative estimate of drug-likeness (QED) is 0.827. The van der Waals surface area contributed by atoms with Gasteiger partial charge < -0.3 is 9.88 Å². The van der Waals surface area contributed by atoms with E-state index in [1.165, 1.54) is 16.7 Å². The Morgan fingerprint density at radius 3 is 2.67 bits per heavy atom. The summed E-state index contributed by atoms with van der Waals surface area (Å²) in [7, 11) is 1.80. The van der Waals surface area contributed by atoms with Crippen molar-refractivity contribution in [2.45, 2.75) is 20.0 Å². The number of hydrogen-bond acceptors (Lipinski definition) is 2. The van der Waals surface area contributed by atoms with Crippen LogP contribution in [0.4, 0.5) is 0 Å². The number of pyridine rings is 1. The molecule has 1 aromatic heterocycles. The Morgan fingerprint density at radius 2 is 1.89 bits per heavy atom. The average molecular weight is 240 g/mol. The van der Waals surface area contributed by atoms with Crippen LogP contribution in [0.15, 0.2) is 35.3 Å². The molecule has 2 heterocycles. The summed E-state index contributed by atoms with van der Waals surface area (Å²) >= 11 is 0. The molecule has 0 amide bonds. The number of nitrogens with one attached hydrogen (secondary N) is 1. The van der Waals surface area contributed by atoms with E-state index in [9.17, 15) is 4.79 Å². The molecule has 92 valence electrons. The van der Waals surface area contributed by atoms with E-state index in [-0.39, 0.29) is 5.56 Å². The van der Waals surface area contributed by atoms with Gasteiger partial charge in [-0.25, -0.2) is 0 Å². The lowest BCUT2D eigenvalue weighted by molar-refractivity contribution is 0.765. The van der Waals surface area contributed by atoms with Gasteiger partial charge in [0, 0.05) is 31.9 Å². The summed E-state index contributed by atoms with van der Waals surface area (Å²) in [5, 5.41) is 3.34. The second kappa shape index (κ2) is 4.10. The molecule has 3 heteroatoms. The minimum Gasteiger partial charge on any atom is -0.318 e. The first kappa shape index (κ1) is 11.2. The van der Waals surface area contributed by atoms with Crippen LogP contribution in [-0.4, -0.2) is 4.57 Å². The van der Waals surface area contributed by atoms with Crippen molar-refractivity contribution in [3.8, 4) is 11.1 Å². The Labute approximate surface area is 106 Å². The third kappa shape index (κ3) is 1.77. The first-order chi connectivity index (χ1) is 8.65. The number of nitrogens with zero attached hydrogens (tertiary/aromatic N) is 1. The Balaban J connectivity index is 2.13. The molecular formula is C15H16N2O. The standard InChI is InChI=1S/C15H16N2O/c1-10-5-14(9-17(2)15(10)18)11-3-4-12-7-16-8-13(12)6-11/h3-6,9,16H,7-8H2,1-2H3. The molecule has 0 fully saturated rings. The third-order valence-corrected chi connectivity index (χ3v) is 3.53. The maximum atomic E-state index is 11.7. The van der Waals surface area contributed by atoms with Crippen LogP contribution in [0.2, 0.25) is 0 Å². The molecule has 0 saturated carbocycles. The number of fused-ring (bicyclic) bond motifs is 1. The smallest absolute Gasteiger partial charge is 0.253 e. The summed E-state index contributed by atoms with van der Waals surface area (Å²) in [5.41, 5.74) is 5.87. The van der Waals surface area contributed by atoms with Gasteiger partial charge in [0.05, 0.1) is 0 Å². The minimum absolute atomic E-state index is 0.0709. The fourth-order valence-corrected chi connectivity index (χ4v) is 2.51. The summed E-state index contributed by atoms with van der Waals surface area (Å²) in [4.78, 5) is 11.7. The molecule has 3 rings (SSSR count). The highest BCUT2D eigenvalue weighted by Gasteiger charge is 2.11.